The average Bonchev–Trinajstić information content (AvgIpc) is 2.86. The van der Waals surface area contributed by atoms with Crippen molar-refractivity contribution in [3.63, 3.8) is 0 Å². The summed E-state index contributed by atoms with van der Waals surface area (Å²) in [6.07, 6.45) is 2.96. The highest BCUT2D eigenvalue weighted by Crippen LogP contribution is 2.22. The summed E-state index contributed by atoms with van der Waals surface area (Å²) >= 11 is 7.04. The molecule has 1 amide bonds. The minimum absolute atomic E-state index is 0.0906. The lowest BCUT2D eigenvalue weighted by Gasteiger charge is -2.06. The maximum atomic E-state index is 11.5. The first-order valence-electron chi connectivity index (χ1n) is 6.98. The van der Waals surface area contributed by atoms with Crippen molar-refractivity contribution in [3.05, 3.63) is 46.5 Å². The molecule has 0 radical (unpaired) electrons. The van der Waals surface area contributed by atoms with Gasteiger partial charge in [0.25, 0.3) is 0 Å². The Morgan fingerprint density at radius 3 is 2.67 bits per heavy atom. The Morgan fingerprint density at radius 2 is 2.05 bits per heavy atom. The number of carbonyl (C=O) groups excluding carboxylic acids is 1. The number of nitrogens with one attached hydrogen (secondary N) is 1. The zero-order chi connectivity index (χ0) is 15.2. The van der Waals surface area contributed by atoms with Crippen molar-refractivity contribution in [2.45, 2.75) is 32.6 Å². The molecule has 2 rings (SSSR count). The smallest absolute Gasteiger partial charge is 0.227 e. The number of thiazole rings is 1. The number of alkyl halides is 1. The summed E-state index contributed by atoms with van der Waals surface area (Å²) in [6.45, 7) is 4.38. The summed E-state index contributed by atoms with van der Waals surface area (Å²) in [7, 11) is 0. The van der Waals surface area contributed by atoms with Crippen LogP contribution in [0.4, 0.5) is 5.13 Å². The Morgan fingerprint density at radius 1 is 1.33 bits per heavy atom. The molecule has 0 fully saturated rings. The molecular formula is C16H19ClN2OS. The molecule has 0 atom stereocenters. The number of nitrogens with zero attached hydrogens (tertiary/aromatic N) is 1. The fourth-order valence-corrected chi connectivity index (χ4v) is 2.97. The highest BCUT2D eigenvalue weighted by atomic mass is 35.5. The fourth-order valence-electron chi connectivity index (χ4n) is 1.94. The Labute approximate surface area is 134 Å². The van der Waals surface area contributed by atoms with Gasteiger partial charge in [0.2, 0.25) is 5.91 Å². The van der Waals surface area contributed by atoms with E-state index < -0.39 is 0 Å². The van der Waals surface area contributed by atoms with Crippen LogP contribution in [0, 0.1) is 0 Å². The SMILES string of the molecule is CC(C)c1ccc(Cc2cnc(NC(=O)CCCl)s2)cc1. The van der Waals surface area contributed by atoms with Gasteiger partial charge in [-0.2, -0.15) is 0 Å². The van der Waals surface area contributed by atoms with E-state index in [2.05, 4.69) is 48.4 Å². The molecule has 1 heterocycles. The molecular weight excluding hydrogens is 304 g/mol. The zero-order valence-electron chi connectivity index (χ0n) is 12.2. The second kappa shape index (κ2) is 7.57. The molecule has 0 bridgehead atoms. The summed E-state index contributed by atoms with van der Waals surface area (Å²) < 4.78 is 0. The molecule has 1 aromatic carbocycles. The van der Waals surface area contributed by atoms with E-state index >= 15 is 0 Å². The summed E-state index contributed by atoms with van der Waals surface area (Å²) in [5.41, 5.74) is 2.60. The number of amides is 1. The van der Waals surface area contributed by atoms with Crippen LogP contribution in [0.5, 0.6) is 0 Å². The van der Waals surface area contributed by atoms with Gasteiger partial charge in [0, 0.05) is 29.8 Å². The Balaban J connectivity index is 1.97. The number of benzene rings is 1. The molecule has 21 heavy (non-hydrogen) atoms. The number of aromatic nitrogens is 1. The van der Waals surface area contributed by atoms with Crippen molar-refractivity contribution in [1.29, 1.82) is 0 Å². The third-order valence-electron chi connectivity index (χ3n) is 3.15. The summed E-state index contributed by atoms with van der Waals surface area (Å²) in [4.78, 5) is 16.8. The van der Waals surface area contributed by atoms with E-state index in [1.54, 1.807) is 0 Å². The summed E-state index contributed by atoms with van der Waals surface area (Å²) in [5, 5.41) is 3.39. The average molecular weight is 323 g/mol. The van der Waals surface area contributed by atoms with Crippen molar-refractivity contribution in [2.24, 2.45) is 0 Å². The Hall–Kier alpha value is -1.39. The predicted molar refractivity (Wildman–Crippen MR) is 89.4 cm³/mol. The van der Waals surface area contributed by atoms with Crippen LogP contribution in [0.3, 0.4) is 0 Å². The largest absolute Gasteiger partial charge is 0.302 e. The number of hydrogen-bond acceptors (Lipinski definition) is 3. The van der Waals surface area contributed by atoms with Crippen molar-refractivity contribution in [1.82, 2.24) is 4.98 Å². The molecule has 0 spiro atoms. The van der Waals surface area contributed by atoms with Gasteiger partial charge in [-0.25, -0.2) is 4.98 Å². The van der Waals surface area contributed by atoms with E-state index in [0.717, 1.165) is 11.3 Å². The van der Waals surface area contributed by atoms with Crippen molar-refractivity contribution in [3.8, 4) is 0 Å². The molecule has 112 valence electrons. The van der Waals surface area contributed by atoms with Gasteiger partial charge in [-0.15, -0.1) is 22.9 Å². The predicted octanol–water partition coefficient (Wildman–Crippen LogP) is 4.42. The van der Waals surface area contributed by atoms with Crippen LogP contribution >= 0.6 is 22.9 Å². The van der Waals surface area contributed by atoms with Crippen LogP contribution in [0.25, 0.3) is 0 Å². The maximum Gasteiger partial charge on any atom is 0.227 e. The van der Waals surface area contributed by atoms with E-state index in [9.17, 15) is 4.79 Å². The minimum Gasteiger partial charge on any atom is -0.302 e. The lowest BCUT2D eigenvalue weighted by atomic mass is 10.0. The van der Waals surface area contributed by atoms with Gasteiger partial charge >= 0.3 is 0 Å². The normalized spacial score (nSPS) is 10.9. The van der Waals surface area contributed by atoms with Gasteiger partial charge in [0.1, 0.15) is 0 Å². The first-order chi connectivity index (χ1) is 10.1. The number of anilines is 1. The molecule has 1 aromatic heterocycles. The third-order valence-corrected chi connectivity index (χ3v) is 4.25. The molecule has 0 saturated carbocycles. The Bertz CT molecular complexity index is 593. The lowest BCUT2D eigenvalue weighted by molar-refractivity contribution is -0.115. The van der Waals surface area contributed by atoms with Crippen LogP contribution in [0.2, 0.25) is 0 Å². The van der Waals surface area contributed by atoms with Crippen LogP contribution in [-0.4, -0.2) is 16.8 Å². The second-order valence-corrected chi connectivity index (χ2v) is 6.69. The van der Waals surface area contributed by atoms with Crippen molar-refractivity contribution >= 4 is 34.0 Å². The topological polar surface area (TPSA) is 42.0 Å². The molecule has 0 aliphatic heterocycles. The lowest BCUT2D eigenvalue weighted by Crippen LogP contribution is -2.11. The molecule has 2 aromatic rings. The van der Waals surface area contributed by atoms with Crippen LogP contribution in [0.15, 0.2) is 30.5 Å². The quantitative estimate of drug-likeness (QED) is 0.800. The van der Waals surface area contributed by atoms with Gasteiger partial charge in [0.05, 0.1) is 0 Å². The van der Waals surface area contributed by atoms with E-state index in [-0.39, 0.29) is 5.91 Å². The number of hydrogen-bond donors (Lipinski definition) is 1. The van der Waals surface area contributed by atoms with Gasteiger partial charge in [0.15, 0.2) is 5.13 Å². The van der Waals surface area contributed by atoms with E-state index in [0.29, 0.717) is 23.4 Å². The standard InChI is InChI=1S/C16H19ClN2OS/c1-11(2)13-5-3-12(4-6-13)9-14-10-18-16(21-14)19-15(20)7-8-17/h3-6,10-11H,7-9H2,1-2H3,(H,18,19,20). The van der Waals surface area contributed by atoms with Gasteiger partial charge in [-0.05, 0) is 17.0 Å². The number of rotatable bonds is 6. The highest BCUT2D eigenvalue weighted by Gasteiger charge is 2.07. The Kier molecular flexibility index (Phi) is 5.76. The molecule has 3 nitrogen and oxygen atoms in total. The first-order valence-corrected chi connectivity index (χ1v) is 8.33. The zero-order valence-corrected chi connectivity index (χ0v) is 13.8. The second-order valence-electron chi connectivity index (χ2n) is 5.19. The number of halogens is 1. The van der Waals surface area contributed by atoms with E-state index in [4.69, 9.17) is 11.6 Å². The molecule has 0 saturated heterocycles. The first kappa shape index (κ1) is 16.0. The third kappa shape index (κ3) is 4.83. The molecule has 5 heteroatoms. The maximum absolute atomic E-state index is 11.5. The van der Waals surface area contributed by atoms with E-state index in [1.807, 2.05) is 6.20 Å². The highest BCUT2D eigenvalue weighted by molar-refractivity contribution is 7.15. The van der Waals surface area contributed by atoms with Crippen molar-refractivity contribution < 1.29 is 4.79 Å². The number of carbonyl (C=O) groups is 1. The summed E-state index contributed by atoms with van der Waals surface area (Å²) in [5.74, 6) is 0.783. The van der Waals surface area contributed by atoms with Gasteiger partial charge in [-0.1, -0.05) is 38.1 Å². The van der Waals surface area contributed by atoms with Crippen LogP contribution < -0.4 is 5.32 Å². The summed E-state index contributed by atoms with van der Waals surface area (Å²) in [6, 6.07) is 8.65. The molecule has 1 N–H and O–H groups in total. The van der Waals surface area contributed by atoms with Gasteiger partial charge < -0.3 is 5.32 Å². The van der Waals surface area contributed by atoms with Crippen molar-refractivity contribution in [2.75, 3.05) is 11.2 Å². The fraction of sp³-hybridized carbons (Fsp3) is 0.375. The molecule has 0 unspecified atom stereocenters. The van der Waals surface area contributed by atoms with E-state index in [1.165, 1.54) is 22.5 Å². The van der Waals surface area contributed by atoms with Gasteiger partial charge in [-0.3, -0.25) is 4.79 Å². The monoisotopic (exact) mass is 322 g/mol. The van der Waals surface area contributed by atoms with Crippen LogP contribution in [-0.2, 0) is 11.2 Å². The van der Waals surface area contributed by atoms with Crippen LogP contribution in [0.1, 0.15) is 42.2 Å². The molecule has 0 aliphatic carbocycles. The minimum atomic E-state index is -0.0906. The molecule has 0 aliphatic rings.